The van der Waals surface area contributed by atoms with Crippen LogP contribution in [-0.2, 0) is 11.2 Å². The third-order valence-electron chi connectivity index (χ3n) is 3.68. The number of halogens is 1. The molecule has 0 aliphatic rings. The van der Waals surface area contributed by atoms with Crippen LogP contribution < -0.4 is 14.8 Å². The van der Waals surface area contributed by atoms with E-state index in [1.165, 1.54) is 13.2 Å². The molecule has 0 spiro atoms. The summed E-state index contributed by atoms with van der Waals surface area (Å²) in [6.45, 7) is 0.452. The summed E-state index contributed by atoms with van der Waals surface area (Å²) in [5.41, 5.74) is 1.36. The highest BCUT2D eigenvalue weighted by Gasteiger charge is 2.07. The number of ether oxygens (including phenoxy) is 2. The molecular formula is C20H21FN2O3. The number of carbonyl (C=O) groups is 1. The predicted octanol–water partition coefficient (Wildman–Crippen LogP) is 4.09. The van der Waals surface area contributed by atoms with Crippen LogP contribution in [0.15, 0.2) is 42.5 Å². The number of carbonyl (C=O) groups excluding carboxylic acids is 1. The van der Waals surface area contributed by atoms with Crippen LogP contribution in [0.4, 0.5) is 10.1 Å². The number of nitrogens with zero attached hydrogens (tertiary/aromatic N) is 1. The van der Waals surface area contributed by atoms with Crippen LogP contribution in [-0.4, -0.2) is 19.6 Å². The SMILES string of the molecule is COc1ccc(CCC(=O)Nc2cccc(OCCCC#N)c2)cc1F. The molecule has 5 nitrogen and oxygen atoms in total. The standard InChI is InChI=1S/C20H21FN2O3/c1-25-19-9-7-15(13-18(19)21)8-10-20(24)23-16-5-4-6-17(14-16)26-12-3-2-11-22/h4-7,9,13-14H,2-3,8,10,12H2,1H3,(H,23,24). The van der Waals surface area contributed by atoms with Gasteiger partial charge in [0.15, 0.2) is 11.6 Å². The summed E-state index contributed by atoms with van der Waals surface area (Å²) in [7, 11) is 1.41. The number of hydrogen-bond acceptors (Lipinski definition) is 4. The topological polar surface area (TPSA) is 71.3 Å². The van der Waals surface area contributed by atoms with Gasteiger partial charge in [0.1, 0.15) is 5.75 Å². The van der Waals surface area contributed by atoms with Crippen LogP contribution >= 0.6 is 0 Å². The summed E-state index contributed by atoms with van der Waals surface area (Å²) in [5, 5.41) is 11.3. The van der Waals surface area contributed by atoms with Crippen molar-refractivity contribution in [3.05, 3.63) is 53.8 Å². The number of benzene rings is 2. The smallest absolute Gasteiger partial charge is 0.224 e. The molecule has 136 valence electrons. The van der Waals surface area contributed by atoms with Crippen molar-refractivity contribution in [2.75, 3.05) is 19.0 Å². The second-order valence-electron chi connectivity index (χ2n) is 5.66. The van der Waals surface area contributed by atoms with Gasteiger partial charge in [-0.25, -0.2) is 4.39 Å². The van der Waals surface area contributed by atoms with E-state index in [0.717, 1.165) is 5.56 Å². The maximum Gasteiger partial charge on any atom is 0.224 e. The minimum atomic E-state index is -0.438. The molecule has 0 atom stereocenters. The van der Waals surface area contributed by atoms with E-state index < -0.39 is 5.82 Å². The van der Waals surface area contributed by atoms with Gasteiger partial charge in [0, 0.05) is 24.6 Å². The molecule has 0 saturated heterocycles. The predicted molar refractivity (Wildman–Crippen MR) is 96.7 cm³/mol. The minimum absolute atomic E-state index is 0.164. The highest BCUT2D eigenvalue weighted by molar-refractivity contribution is 5.91. The lowest BCUT2D eigenvalue weighted by Crippen LogP contribution is -2.12. The van der Waals surface area contributed by atoms with E-state index in [-0.39, 0.29) is 18.1 Å². The Hall–Kier alpha value is -3.07. The number of nitriles is 1. The highest BCUT2D eigenvalue weighted by Crippen LogP contribution is 2.20. The zero-order valence-corrected chi connectivity index (χ0v) is 14.6. The number of nitrogens with one attached hydrogen (secondary N) is 1. The Balaban J connectivity index is 1.84. The van der Waals surface area contributed by atoms with E-state index in [1.807, 2.05) is 0 Å². The zero-order chi connectivity index (χ0) is 18.8. The molecule has 0 heterocycles. The van der Waals surface area contributed by atoms with Gasteiger partial charge < -0.3 is 14.8 Å². The number of aryl methyl sites for hydroxylation is 1. The number of hydrogen-bond donors (Lipinski definition) is 1. The molecule has 0 aliphatic carbocycles. The molecule has 0 aliphatic heterocycles. The van der Waals surface area contributed by atoms with Crippen molar-refractivity contribution in [3.8, 4) is 17.6 Å². The molecule has 0 unspecified atom stereocenters. The van der Waals surface area contributed by atoms with Crippen molar-refractivity contribution in [2.24, 2.45) is 0 Å². The molecular weight excluding hydrogens is 335 g/mol. The third-order valence-corrected chi connectivity index (χ3v) is 3.68. The second-order valence-corrected chi connectivity index (χ2v) is 5.66. The van der Waals surface area contributed by atoms with Gasteiger partial charge >= 0.3 is 0 Å². The van der Waals surface area contributed by atoms with Gasteiger partial charge in [-0.15, -0.1) is 0 Å². The molecule has 1 amide bonds. The normalized spacial score (nSPS) is 10.0. The van der Waals surface area contributed by atoms with Crippen LogP contribution in [0.2, 0.25) is 0 Å². The van der Waals surface area contributed by atoms with Gasteiger partial charge in [-0.1, -0.05) is 12.1 Å². The van der Waals surface area contributed by atoms with Crippen LogP contribution in [0.1, 0.15) is 24.8 Å². The zero-order valence-electron chi connectivity index (χ0n) is 14.6. The summed E-state index contributed by atoms with van der Waals surface area (Å²) in [5.74, 6) is 0.220. The molecule has 0 bridgehead atoms. The van der Waals surface area contributed by atoms with Crippen molar-refractivity contribution >= 4 is 11.6 Å². The Bertz CT molecular complexity index is 787. The van der Waals surface area contributed by atoms with Crippen LogP contribution in [0.25, 0.3) is 0 Å². The van der Waals surface area contributed by atoms with Crippen LogP contribution in [0.5, 0.6) is 11.5 Å². The Morgan fingerprint density at radius 1 is 1.27 bits per heavy atom. The molecule has 0 aromatic heterocycles. The monoisotopic (exact) mass is 356 g/mol. The lowest BCUT2D eigenvalue weighted by atomic mass is 10.1. The quantitative estimate of drug-likeness (QED) is 0.687. The summed E-state index contributed by atoms with van der Waals surface area (Å²) < 4.78 is 24.1. The first-order valence-corrected chi connectivity index (χ1v) is 8.34. The molecule has 6 heteroatoms. The maximum atomic E-state index is 13.7. The van der Waals surface area contributed by atoms with Crippen LogP contribution in [0.3, 0.4) is 0 Å². The van der Waals surface area contributed by atoms with Crippen molar-refractivity contribution < 1.29 is 18.7 Å². The van der Waals surface area contributed by atoms with Gasteiger partial charge in [0.25, 0.3) is 0 Å². The number of anilines is 1. The molecule has 26 heavy (non-hydrogen) atoms. The fourth-order valence-corrected chi connectivity index (χ4v) is 2.35. The molecule has 2 aromatic rings. The first-order valence-electron chi connectivity index (χ1n) is 8.34. The summed E-state index contributed by atoms with van der Waals surface area (Å²) in [6, 6.07) is 13.8. The van der Waals surface area contributed by atoms with E-state index in [9.17, 15) is 9.18 Å². The minimum Gasteiger partial charge on any atom is -0.494 e. The average Bonchev–Trinajstić information content (AvgIpc) is 2.64. The molecule has 2 rings (SSSR count). The van der Waals surface area contributed by atoms with Gasteiger partial charge in [-0.3, -0.25) is 4.79 Å². The molecule has 1 N–H and O–H groups in total. The number of unbranched alkanes of at least 4 members (excludes halogenated alkanes) is 1. The Morgan fingerprint density at radius 2 is 2.12 bits per heavy atom. The van der Waals surface area contributed by atoms with E-state index in [0.29, 0.717) is 37.3 Å². The van der Waals surface area contributed by atoms with Crippen molar-refractivity contribution in [3.63, 3.8) is 0 Å². The number of amides is 1. The second kappa shape index (κ2) is 10.0. The van der Waals surface area contributed by atoms with Gasteiger partial charge in [-0.2, -0.15) is 5.26 Å². The summed E-state index contributed by atoms with van der Waals surface area (Å²) in [4.78, 5) is 12.1. The van der Waals surface area contributed by atoms with E-state index in [2.05, 4.69) is 11.4 Å². The first kappa shape index (κ1) is 19.3. The van der Waals surface area contributed by atoms with Gasteiger partial charge in [-0.05, 0) is 42.7 Å². The molecule has 2 aromatic carbocycles. The first-order chi connectivity index (χ1) is 12.6. The Morgan fingerprint density at radius 3 is 2.85 bits per heavy atom. The molecule has 0 saturated carbocycles. The lowest BCUT2D eigenvalue weighted by molar-refractivity contribution is -0.116. The molecule has 0 fully saturated rings. The Kier molecular flexibility index (Phi) is 7.44. The van der Waals surface area contributed by atoms with E-state index >= 15 is 0 Å². The number of rotatable bonds is 9. The average molecular weight is 356 g/mol. The fourth-order valence-electron chi connectivity index (χ4n) is 2.35. The third kappa shape index (κ3) is 6.10. The number of methoxy groups -OCH3 is 1. The van der Waals surface area contributed by atoms with E-state index in [1.54, 1.807) is 36.4 Å². The lowest BCUT2D eigenvalue weighted by Gasteiger charge is -2.09. The van der Waals surface area contributed by atoms with Gasteiger partial charge in [0.05, 0.1) is 19.8 Å². The van der Waals surface area contributed by atoms with Gasteiger partial charge in [0.2, 0.25) is 5.91 Å². The van der Waals surface area contributed by atoms with Crippen LogP contribution in [0, 0.1) is 17.1 Å². The largest absolute Gasteiger partial charge is 0.494 e. The van der Waals surface area contributed by atoms with Crippen molar-refractivity contribution in [2.45, 2.75) is 25.7 Å². The maximum absolute atomic E-state index is 13.7. The van der Waals surface area contributed by atoms with Crippen molar-refractivity contribution in [1.82, 2.24) is 0 Å². The van der Waals surface area contributed by atoms with Crippen molar-refractivity contribution in [1.29, 1.82) is 5.26 Å². The fraction of sp³-hybridized carbons (Fsp3) is 0.300. The Labute approximate surface area is 152 Å². The highest BCUT2D eigenvalue weighted by atomic mass is 19.1. The van der Waals surface area contributed by atoms with E-state index in [4.69, 9.17) is 14.7 Å². The summed E-state index contributed by atoms with van der Waals surface area (Å²) in [6.07, 6.45) is 1.77. The molecule has 0 radical (unpaired) electrons. The summed E-state index contributed by atoms with van der Waals surface area (Å²) >= 11 is 0.